The number of carbonyl (C=O) groups excluding carboxylic acids is 2. The molecule has 1 fully saturated rings. The van der Waals surface area contributed by atoms with Gasteiger partial charge in [-0.3, -0.25) is 19.8 Å². The summed E-state index contributed by atoms with van der Waals surface area (Å²) < 4.78 is 0. The van der Waals surface area contributed by atoms with E-state index in [2.05, 4.69) is 5.32 Å². The number of nitrogens with zero attached hydrogens (tertiary/aromatic N) is 1. The zero-order valence-corrected chi connectivity index (χ0v) is 12.8. The van der Waals surface area contributed by atoms with Crippen LogP contribution in [0.25, 0.3) is 0 Å². The molecule has 1 heterocycles. The van der Waals surface area contributed by atoms with Crippen molar-refractivity contribution in [2.24, 2.45) is 5.73 Å². The van der Waals surface area contributed by atoms with Crippen LogP contribution in [0.4, 0.5) is 0 Å². The molecule has 1 aliphatic heterocycles. The Labute approximate surface area is 129 Å². The molecule has 21 heavy (non-hydrogen) atoms. The number of nitrogens with two attached hydrogens (primary N) is 1. The van der Waals surface area contributed by atoms with Gasteiger partial charge in [0.25, 0.3) is 5.91 Å². The summed E-state index contributed by atoms with van der Waals surface area (Å²) in [5, 5.41) is 2.95. The summed E-state index contributed by atoms with van der Waals surface area (Å²) in [6.07, 6.45) is 1.75. The second-order valence-corrected chi connectivity index (χ2v) is 5.92. The number of hydrogen-bond acceptors (Lipinski definition) is 4. The first-order chi connectivity index (χ1) is 9.95. The van der Waals surface area contributed by atoms with E-state index in [4.69, 9.17) is 17.3 Å². The minimum Gasteiger partial charge on any atom is -0.328 e. The summed E-state index contributed by atoms with van der Waals surface area (Å²) in [4.78, 5) is 25.9. The Hall–Kier alpha value is -1.43. The second kappa shape index (κ2) is 7.02. The zero-order chi connectivity index (χ0) is 15.4. The van der Waals surface area contributed by atoms with Gasteiger partial charge in [-0.2, -0.15) is 0 Å². The molecule has 1 saturated heterocycles. The minimum absolute atomic E-state index is 0.204. The van der Waals surface area contributed by atoms with Crippen molar-refractivity contribution in [2.45, 2.75) is 31.8 Å². The molecule has 2 atom stereocenters. The van der Waals surface area contributed by atoms with E-state index in [1.165, 1.54) is 0 Å². The van der Waals surface area contributed by atoms with Crippen molar-refractivity contribution in [1.29, 1.82) is 0 Å². The largest absolute Gasteiger partial charge is 0.328 e. The van der Waals surface area contributed by atoms with Crippen LogP contribution >= 0.6 is 11.6 Å². The number of amides is 2. The van der Waals surface area contributed by atoms with Crippen LogP contribution in [0, 0.1) is 0 Å². The summed E-state index contributed by atoms with van der Waals surface area (Å²) in [6.45, 7) is 3.05. The molecule has 0 saturated carbocycles. The van der Waals surface area contributed by atoms with Gasteiger partial charge in [-0.15, -0.1) is 0 Å². The predicted molar refractivity (Wildman–Crippen MR) is 82.2 cm³/mol. The van der Waals surface area contributed by atoms with Gasteiger partial charge in [0.15, 0.2) is 0 Å². The lowest BCUT2D eigenvalue weighted by Crippen LogP contribution is -2.49. The van der Waals surface area contributed by atoms with E-state index in [0.29, 0.717) is 10.6 Å². The molecule has 1 aromatic carbocycles. The molecular weight excluding hydrogens is 290 g/mol. The number of halogens is 1. The second-order valence-electron chi connectivity index (χ2n) is 5.49. The highest BCUT2D eigenvalue weighted by molar-refractivity contribution is 6.30. The fourth-order valence-corrected chi connectivity index (χ4v) is 2.64. The molecule has 2 rings (SSSR count). The van der Waals surface area contributed by atoms with Gasteiger partial charge in [0.05, 0.1) is 6.54 Å². The molecule has 0 bridgehead atoms. The number of benzene rings is 1. The fourth-order valence-electron chi connectivity index (χ4n) is 2.52. The topological polar surface area (TPSA) is 75.4 Å². The molecule has 0 aliphatic carbocycles. The highest BCUT2D eigenvalue weighted by atomic mass is 35.5. The standard InChI is InChI=1S/C15H20ClN3O2/c1-10-8-13(17)6-7-19(10)9-14(20)18-15(21)11-2-4-12(16)5-3-11/h2-5,10,13H,6-9,17H2,1H3,(H,18,20,21). The SMILES string of the molecule is CC1CC(N)CCN1CC(=O)NC(=O)c1ccc(Cl)cc1. The number of carbonyl (C=O) groups is 2. The number of hydrogen-bond donors (Lipinski definition) is 2. The number of rotatable bonds is 3. The zero-order valence-electron chi connectivity index (χ0n) is 12.0. The Morgan fingerprint density at radius 1 is 1.38 bits per heavy atom. The monoisotopic (exact) mass is 309 g/mol. The first kappa shape index (κ1) is 15.9. The van der Waals surface area contributed by atoms with Gasteiger partial charge in [-0.05, 0) is 44.0 Å². The smallest absolute Gasteiger partial charge is 0.257 e. The number of nitrogens with one attached hydrogen (secondary N) is 1. The van der Waals surface area contributed by atoms with Crippen molar-refractivity contribution >= 4 is 23.4 Å². The Kier molecular flexibility index (Phi) is 5.33. The van der Waals surface area contributed by atoms with Crippen molar-refractivity contribution in [1.82, 2.24) is 10.2 Å². The van der Waals surface area contributed by atoms with E-state index >= 15 is 0 Å². The van der Waals surface area contributed by atoms with E-state index in [-0.39, 0.29) is 24.5 Å². The van der Waals surface area contributed by atoms with Crippen LogP contribution in [-0.2, 0) is 4.79 Å². The summed E-state index contributed by atoms with van der Waals surface area (Å²) >= 11 is 5.76. The van der Waals surface area contributed by atoms with Gasteiger partial charge in [0.2, 0.25) is 5.91 Å². The van der Waals surface area contributed by atoms with E-state index in [9.17, 15) is 9.59 Å². The molecule has 0 aromatic heterocycles. The van der Waals surface area contributed by atoms with Crippen molar-refractivity contribution in [3.8, 4) is 0 Å². The third kappa shape index (κ3) is 4.52. The Morgan fingerprint density at radius 3 is 2.67 bits per heavy atom. The Morgan fingerprint density at radius 2 is 2.05 bits per heavy atom. The van der Waals surface area contributed by atoms with Crippen LogP contribution in [0.2, 0.25) is 5.02 Å². The van der Waals surface area contributed by atoms with Gasteiger partial charge >= 0.3 is 0 Å². The van der Waals surface area contributed by atoms with E-state index in [0.717, 1.165) is 19.4 Å². The maximum Gasteiger partial charge on any atom is 0.257 e. The molecule has 2 amide bonds. The van der Waals surface area contributed by atoms with Gasteiger partial charge in [-0.1, -0.05) is 11.6 Å². The van der Waals surface area contributed by atoms with Crippen molar-refractivity contribution in [2.75, 3.05) is 13.1 Å². The van der Waals surface area contributed by atoms with Crippen molar-refractivity contribution in [3.05, 3.63) is 34.9 Å². The average Bonchev–Trinajstić information content (AvgIpc) is 2.42. The van der Waals surface area contributed by atoms with E-state index in [1.807, 2.05) is 11.8 Å². The first-order valence-corrected chi connectivity index (χ1v) is 7.43. The van der Waals surface area contributed by atoms with Crippen LogP contribution in [0.1, 0.15) is 30.1 Å². The van der Waals surface area contributed by atoms with Gasteiger partial charge in [-0.25, -0.2) is 0 Å². The normalized spacial score (nSPS) is 22.8. The molecule has 2 unspecified atom stereocenters. The van der Waals surface area contributed by atoms with E-state index < -0.39 is 5.91 Å². The number of imide groups is 1. The first-order valence-electron chi connectivity index (χ1n) is 7.05. The van der Waals surface area contributed by atoms with Crippen LogP contribution in [0.15, 0.2) is 24.3 Å². The molecule has 6 heteroatoms. The van der Waals surface area contributed by atoms with Crippen LogP contribution < -0.4 is 11.1 Å². The number of piperidine rings is 1. The summed E-state index contributed by atoms with van der Waals surface area (Å²) in [7, 11) is 0. The van der Waals surface area contributed by atoms with Crippen LogP contribution in [0.3, 0.4) is 0 Å². The van der Waals surface area contributed by atoms with Crippen molar-refractivity contribution in [3.63, 3.8) is 0 Å². The maximum absolute atomic E-state index is 12.0. The average molecular weight is 310 g/mol. The molecule has 1 aliphatic rings. The molecule has 5 nitrogen and oxygen atoms in total. The van der Waals surface area contributed by atoms with Gasteiger partial charge in [0, 0.05) is 29.2 Å². The van der Waals surface area contributed by atoms with Crippen LogP contribution in [-0.4, -0.2) is 41.9 Å². The van der Waals surface area contributed by atoms with E-state index in [1.54, 1.807) is 24.3 Å². The van der Waals surface area contributed by atoms with Crippen molar-refractivity contribution < 1.29 is 9.59 Å². The molecular formula is C15H20ClN3O2. The molecule has 114 valence electrons. The lowest BCUT2D eigenvalue weighted by molar-refractivity contribution is -0.122. The van der Waals surface area contributed by atoms with Gasteiger partial charge in [0.1, 0.15) is 0 Å². The minimum atomic E-state index is -0.405. The number of likely N-dealkylation sites (tertiary alicyclic amines) is 1. The highest BCUT2D eigenvalue weighted by Gasteiger charge is 2.25. The summed E-state index contributed by atoms with van der Waals surface area (Å²) in [5.41, 5.74) is 6.31. The fraction of sp³-hybridized carbons (Fsp3) is 0.467. The molecule has 0 radical (unpaired) electrons. The quantitative estimate of drug-likeness (QED) is 0.885. The Bertz CT molecular complexity index is 518. The molecule has 0 spiro atoms. The lowest BCUT2D eigenvalue weighted by atomic mass is 9.99. The van der Waals surface area contributed by atoms with Crippen LogP contribution in [0.5, 0.6) is 0 Å². The predicted octanol–water partition coefficient (Wildman–Crippen LogP) is 1.41. The third-order valence-electron chi connectivity index (χ3n) is 3.76. The maximum atomic E-state index is 12.0. The van der Waals surface area contributed by atoms with Gasteiger partial charge < -0.3 is 5.73 Å². The molecule has 3 N–H and O–H groups in total. The summed E-state index contributed by atoms with van der Waals surface area (Å²) in [6, 6.07) is 6.88. The summed E-state index contributed by atoms with van der Waals surface area (Å²) in [5.74, 6) is -0.699. The third-order valence-corrected chi connectivity index (χ3v) is 4.01. The molecule has 1 aromatic rings. The lowest BCUT2D eigenvalue weighted by Gasteiger charge is -2.35. The highest BCUT2D eigenvalue weighted by Crippen LogP contribution is 2.15. The Balaban J connectivity index is 1.87.